The average Bonchev–Trinajstić information content (AvgIpc) is 3.06. The molecule has 2 amide bonds. The van der Waals surface area contributed by atoms with Crippen molar-refractivity contribution in [3.8, 4) is 11.5 Å². The molecule has 162 valence electrons. The maximum absolute atomic E-state index is 13.2. The summed E-state index contributed by atoms with van der Waals surface area (Å²) in [5.41, 5.74) is 1.81. The molecule has 4 nitrogen and oxygen atoms in total. The number of rotatable bonds is 4. The quantitative estimate of drug-likeness (QED) is 0.395. The van der Waals surface area contributed by atoms with Crippen molar-refractivity contribution in [3.05, 3.63) is 88.4 Å². The molecule has 1 heterocycles. The first-order chi connectivity index (χ1) is 15.5. The molecule has 0 aromatic heterocycles. The third-order valence-corrected chi connectivity index (χ3v) is 6.94. The lowest BCUT2D eigenvalue weighted by Crippen LogP contribution is -2.30. The van der Waals surface area contributed by atoms with Crippen molar-refractivity contribution in [2.45, 2.75) is 25.2 Å². The van der Waals surface area contributed by atoms with Crippen molar-refractivity contribution >= 4 is 40.7 Å². The van der Waals surface area contributed by atoms with Crippen LogP contribution in [0.2, 0.25) is 10.0 Å². The molecular formula is C26H21Cl2NO3. The maximum atomic E-state index is 13.2. The first-order valence-electron chi connectivity index (χ1n) is 10.7. The molecule has 5 rings (SSSR count). The van der Waals surface area contributed by atoms with Crippen molar-refractivity contribution in [1.82, 2.24) is 0 Å². The number of hydrogen-bond donors (Lipinski definition) is 0. The summed E-state index contributed by atoms with van der Waals surface area (Å²) >= 11 is 12.1. The highest BCUT2D eigenvalue weighted by molar-refractivity contribution is 6.35. The molecule has 3 aromatic rings. The minimum absolute atomic E-state index is 0.0964. The van der Waals surface area contributed by atoms with Crippen LogP contribution in [0.5, 0.6) is 11.5 Å². The molecule has 6 heteroatoms. The van der Waals surface area contributed by atoms with E-state index in [0.717, 1.165) is 12.8 Å². The Morgan fingerprint density at radius 2 is 1.53 bits per heavy atom. The van der Waals surface area contributed by atoms with Crippen LogP contribution in [-0.4, -0.2) is 11.8 Å². The first kappa shape index (κ1) is 21.0. The van der Waals surface area contributed by atoms with E-state index in [1.54, 1.807) is 42.5 Å². The van der Waals surface area contributed by atoms with Crippen LogP contribution in [0, 0.1) is 11.8 Å². The third kappa shape index (κ3) is 3.89. The normalized spacial score (nSPS) is 22.7. The molecule has 0 unspecified atom stereocenters. The van der Waals surface area contributed by atoms with E-state index in [4.69, 9.17) is 27.9 Å². The molecule has 1 saturated heterocycles. The van der Waals surface area contributed by atoms with Crippen LogP contribution in [-0.2, 0) is 9.59 Å². The lowest BCUT2D eigenvalue weighted by molar-refractivity contribution is -0.122. The highest BCUT2D eigenvalue weighted by atomic mass is 35.5. The third-order valence-electron chi connectivity index (χ3n) is 6.41. The Hall–Kier alpha value is -2.82. The summed E-state index contributed by atoms with van der Waals surface area (Å²) in [6, 6.07) is 22.2. The van der Waals surface area contributed by atoms with E-state index in [9.17, 15) is 9.59 Å². The van der Waals surface area contributed by atoms with Gasteiger partial charge in [-0.05, 0) is 73.2 Å². The Morgan fingerprint density at radius 1 is 0.812 bits per heavy atom. The standard InChI is InChI=1S/C26H21Cl2NO3/c27-18-7-13-24(23(28)15-18)32-20-10-8-19(9-11-20)29-25(30)21-12-6-17(14-22(21)26(29)31)16-4-2-1-3-5-16/h1-5,7-11,13,15,17,21-22H,6,12,14H2/t17-,21+,22+/m1/s1. The summed E-state index contributed by atoms with van der Waals surface area (Å²) in [5.74, 6) is 0.662. The highest BCUT2D eigenvalue weighted by Crippen LogP contribution is 2.45. The van der Waals surface area contributed by atoms with Crippen LogP contribution in [0.1, 0.15) is 30.7 Å². The maximum Gasteiger partial charge on any atom is 0.237 e. The van der Waals surface area contributed by atoms with Gasteiger partial charge in [0.25, 0.3) is 0 Å². The first-order valence-corrected chi connectivity index (χ1v) is 11.4. The van der Waals surface area contributed by atoms with Gasteiger partial charge < -0.3 is 4.74 Å². The summed E-state index contributed by atoms with van der Waals surface area (Å²) in [4.78, 5) is 27.7. The largest absolute Gasteiger partial charge is 0.456 e. The Bertz CT molecular complexity index is 1160. The fourth-order valence-electron chi connectivity index (χ4n) is 4.81. The summed E-state index contributed by atoms with van der Waals surface area (Å²) in [5, 5.41) is 0.934. The van der Waals surface area contributed by atoms with Gasteiger partial charge in [0.1, 0.15) is 11.5 Å². The Morgan fingerprint density at radius 3 is 2.25 bits per heavy atom. The van der Waals surface area contributed by atoms with Crippen LogP contribution in [0.4, 0.5) is 5.69 Å². The number of fused-ring (bicyclic) bond motifs is 1. The van der Waals surface area contributed by atoms with E-state index in [2.05, 4.69) is 12.1 Å². The number of amides is 2. The van der Waals surface area contributed by atoms with E-state index >= 15 is 0 Å². The fraction of sp³-hybridized carbons (Fsp3) is 0.231. The smallest absolute Gasteiger partial charge is 0.237 e. The molecule has 1 aliphatic carbocycles. The highest BCUT2D eigenvalue weighted by Gasteiger charge is 2.50. The summed E-state index contributed by atoms with van der Waals surface area (Å²) in [6.45, 7) is 0. The number of halogens is 2. The van der Waals surface area contributed by atoms with Crippen LogP contribution < -0.4 is 9.64 Å². The van der Waals surface area contributed by atoms with E-state index in [-0.39, 0.29) is 23.7 Å². The Labute approximate surface area is 196 Å². The van der Waals surface area contributed by atoms with Gasteiger partial charge in [-0.15, -0.1) is 0 Å². The molecule has 0 radical (unpaired) electrons. The zero-order valence-corrected chi connectivity index (χ0v) is 18.7. The summed E-state index contributed by atoms with van der Waals surface area (Å²) < 4.78 is 5.81. The molecule has 3 atom stereocenters. The fourth-order valence-corrected chi connectivity index (χ4v) is 5.26. The van der Waals surface area contributed by atoms with E-state index in [0.29, 0.717) is 39.6 Å². The monoisotopic (exact) mass is 465 g/mol. The molecule has 1 aliphatic heterocycles. The molecule has 0 spiro atoms. The zero-order valence-electron chi connectivity index (χ0n) is 17.2. The molecule has 0 bridgehead atoms. The Balaban J connectivity index is 1.33. The van der Waals surface area contributed by atoms with Gasteiger partial charge in [0.15, 0.2) is 0 Å². The van der Waals surface area contributed by atoms with Gasteiger partial charge in [0.05, 0.1) is 22.5 Å². The molecule has 2 aliphatic rings. The van der Waals surface area contributed by atoms with Gasteiger partial charge in [-0.1, -0.05) is 53.5 Å². The Kier molecular flexibility index (Phi) is 5.66. The van der Waals surface area contributed by atoms with Crippen molar-refractivity contribution in [2.24, 2.45) is 11.8 Å². The number of nitrogens with zero attached hydrogens (tertiary/aromatic N) is 1. The van der Waals surface area contributed by atoms with Crippen LogP contribution >= 0.6 is 23.2 Å². The van der Waals surface area contributed by atoms with E-state index in [1.807, 2.05) is 18.2 Å². The lowest BCUT2D eigenvalue weighted by Gasteiger charge is -2.28. The topological polar surface area (TPSA) is 46.6 Å². The molecular weight excluding hydrogens is 445 g/mol. The second-order valence-electron chi connectivity index (χ2n) is 8.32. The lowest BCUT2D eigenvalue weighted by atomic mass is 9.73. The number of hydrogen-bond acceptors (Lipinski definition) is 3. The predicted molar refractivity (Wildman–Crippen MR) is 125 cm³/mol. The van der Waals surface area contributed by atoms with Crippen molar-refractivity contribution in [3.63, 3.8) is 0 Å². The van der Waals surface area contributed by atoms with E-state index < -0.39 is 0 Å². The van der Waals surface area contributed by atoms with E-state index in [1.165, 1.54) is 10.5 Å². The molecule has 32 heavy (non-hydrogen) atoms. The minimum Gasteiger partial charge on any atom is -0.456 e. The van der Waals surface area contributed by atoms with Gasteiger partial charge in [-0.3, -0.25) is 14.5 Å². The molecule has 0 N–H and O–H groups in total. The number of imide groups is 1. The van der Waals surface area contributed by atoms with Gasteiger partial charge in [0.2, 0.25) is 11.8 Å². The van der Waals surface area contributed by atoms with Crippen LogP contribution in [0.15, 0.2) is 72.8 Å². The number of carbonyl (C=O) groups excluding carboxylic acids is 2. The van der Waals surface area contributed by atoms with Crippen LogP contribution in [0.3, 0.4) is 0 Å². The predicted octanol–water partition coefficient (Wildman–Crippen LogP) is 6.86. The summed E-state index contributed by atoms with van der Waals surface area (Å²) in [7, 11) is 0. The average molecular weight is 466 g/mol. The van der Waals surface area contributed by atoms with Crippen molar-refractivity contribution < 1.29 is 14.3 Å². The SMILES string of the molecule is O=C1[C@H]2CC[C@@H](c3ccccc3)C[C@@H]2C(=O)N1c1ccc(Oc2ccc(Cl)cc2Cl)cc1. The molecule has 1 saturated carbocycles. The number of benzene rings is 3. The molecule has 3 aromatic carbocycles. The van der Waals surface area contributed by atoms with Gasteiger partial charge in [0, 0.05) is 5.02 Å². The summed E-state index contributed by atoms with van der Waals surface area (Å²) in [6.07, 6.45) is 2.38. The van der Waals surface area contributed by atoms with Crippen LogP contribution in [0.25, 0.3) is 0 Å². The van der Waals surface area contributed by atoms with Crippen molar-refractivity contribution in [2.75, 3.05) is 4.90 Å². The molecule has 2 fully saturated rings. The number of ether oxygens (including phenoxy) is 1. The van der Waals surface area contributed by atoms with Crippen molar-refractivity contribution in [1.29, 1.82) is 0 Å². The second kappa shape index (κ2) is 8.61. The van der Waals surface area contributed by atoms with Gasteiger partial charge in [-0.25, -0.2) is 0 Å². The number of anilines is 1. The zero-order chi connectivity index (χ0) is 22.2. The second-order valence-corrected chi connectivity index (χ2v) is 9.16. The van der Waals surface area contributed by atoms with Gasteiger partial charge in [-0.2, -0.15) is 0 Å². The van der Waals surface area contributed by atoms with Gasteiger partial charge >= 0.3 is 0 Å². The number of carbonyl (C=O) groups is 2. The minimum atomic E-state index is -0.259.